The van der Waals surface area contributed by atoms with Crippen LogP contribution < -0.4 is 5.32 Å². The molecule has 0 saturated carbocycles. The van der Waals surface area contributed by atoms with E-state index < -0.39 is 15.9 Å². The summed E-state index contributed by atoms with van der Waals surface area (Å²) in [7, 11) is -3.47. The summed E-state index contributed by atoms with van der Waals surface area (Å²) < 4.78 is 37.5. The van der Waals surface area contributed by atoms with Crippen LogP contribution in [0.2, 0.25) is 0 Å². The number of carbonyl (C=O) groups is 1. The largest absolute Gasteiger partial charge is 0.412 e. The molecule has 0 atom stereocenters. The van der Waals surface area contributed by atoms with E-state index in [1.165, 1.54) is 16.4 Å². The third kappa shape index (κ3) is 5.29. The molecule has 0 bridgehead atoms. The van der Waals surface area contributed by atoms with Crippen LogP contribution in [0.3, 0.4) is 0 Å². The van der Waals surface area contributed by atoms with E-state index in [-0.39, 0.29) is 16.7 Å². The van der Waals surface area contributed by atoms with Crippen molar-refractivity contribution >= 4 is 15.9 Å². The lowest BCUT2D eigenvalue weighted by molar-refractivity contribution is 0.0374. The molecule has 11 heteroatoms. The van der Waals surface area contributed by atoms with E-state index in [1.54, 1.807) is 12.1 Å². The molecule has 2 fully saturated rings. The van der Waals surface area contributed by atoms with Crippen molar-refractivity contribution in [1.82, 2.24) is 24.7 Å². The molecule has 1 aromatic carbocycles. The monoisotopic (exact) mass is 449 g/mol. The van der Waals surface area contributed by atoms with Crippen LogP contribution >= 0.6 is 0 Å². The Hall–Kier alpha value is -2.34. The molecular formula is C20H27N5O5S. The van der Waals surface area contributed by atoms with Crippen molar-refractivity contribution < 1.29 is 22.4 Å². The molecule has 3 heterocycles. The molecule has 2 saturated heterocycles. The van der Waals surface area contributed by atoms with Gasteiger partial charge in [0.25, 0.3) is 0 Å². The van der Waals surface area contributed by atoms with Crippen LogP contribution in [-0.2, 0) is 14.8 Å². The minimum Gasteiger partial charge on any atom is -0.412 e. The average Bonchev–Trinajstić information content (AvgIpc) is 3.50. The van der Waals surface area contributed by atoms with Gasteiger partial charge in [-0.1, -0.05) is 0 Å². The molecule has 2 aliphatic rings. The predicted molar refractivity (Wildman–Crippen MR) is 112 cm³/mol. The maximum absolute atomic E-state index is 12.6. The minimum absolute atomic E-state index is 0.116. The van der Waals surface area contributed by atoms with Gasteiger partial charge in [0.15, 0.2) is 0 Å². The number of morpholine rings is 1. The molecule has 2 aromatic rings. The molecule has 4 rings (SSSR count). The molecule has 0 aliphatic carbocycles. The molecule has 168 valence electrons. The van der Waals surface area contributed by atoms with E-state index in [0.29, 0.717) is 25.2 Å². The highest BCUT2D eigenvalue weighted by molar-refractivity contribution is 7.89. The Morgan fingerprint density at radius 2 is 1.74 bits per heavy atom. The van der Waals surface area contributed by atoms with Gasteiger partial charge in [-0.15, -0.1) is 10.2 Å². The van der Waals surface area contributed by atoms with Gasteiger partial charge in [0, 0.05) is 38.3 Å². The quantitative estimate of drug-likeness (QED) is 0.593. The second-order valence-electron chi connectivity index (χ2n) is 7.61. The van der Waals surface area contributed by atoms with E-state index >= 15 is 0 Å². The maximum atomic E-state index is 12.6. The first kappa shape index (κ1) is 21.9. The van der Waals surface area contributed by atoms with E-state index in [9.17, 15) is 13.2 Å². The van der Waals surface area contributed by atoms with Gasteiger partial charge in [-0.2, -0.15) is 4.31 Å². The molecule has 1 amide bonds. The number of nitrogens with zero attached hydrogens (tertiary/aromatic N) is 4. The fraction of sp³-hybridized carbons (Fsp3) is 0.550. The number of benzene rings is 1. The van der Waals surface area contributed by atoms with Crippen LogP contribution in [-0.4, -0.2) is 86.2 Å². The zero-order valence-corrected chi connectivity index (χ0v) is 18.1. The summed E-state index contributed by atoms with van der Waals surface area (Å²) in [5.74, 6) is -0.368. The summed E-state index contributed by atoms with van der Waals surface area (Å²) in [5.41, 5.74) is 0.555. The topological polar surface area (TPSA) is 118 Å². The van der Waals surface area contributed by atoms with Gasteiger partial charge in [-0.25, -0.2) is 8.42 Å². The van der Waals surface area contributed by atoms with Crippen molar-refractivity contribution in [3.63, 3.8) is 0 Å². The Bertz CT molecular complexity index is 980. The van der Waals surface area contributed by atoms with E-state index in [0.717, 1.165) is 52.1 Å². The summed E-state index contributed by atoms with van der Waals surface area (Å²) in [6, 6.07) is 6.28. The van der Waals surface area contributed by atoms with Crippen LogP contribution in [0.15, 0.2) is 33.6 Å². The second-order valence-corrected chi connectivity index (χ2v) is 9.55. The van der Waals surface area contributed by atoms with Crippen molar-refractivity contribution in [2.45, 2.75) is 24.2 Å². The zero-order valence-electron chi connectivity index (χ0n) is 17.3. The Kier molecular flexibility index (Phi) is 6.96. The van der Waals surface area contributed by atoms with Gasteiger partial charge in [0.1, 0.15) is 0 Å². The van der Waals surface area contributed by atoms with Gasteiger partial charge >= 0.3 is 11.8 Å². The molecule has 0 radical (unpaired) electrons. The lowest BCUT2D eigenvalue weighted by Gasteiger charge is -2.26. The van der Waals surface area contributed by atoms with E-state index in [4.69, 9.17) is 9.15 Å². The van der Waals surface area contributed by atoms with Gasteiger partial charge in [-0.05, 0) is 50.1 Å². The number of amides is 1. The number of sulfonamides is 1. The highest BCUT2D eigenvalue weighted by Crippen LogP contribution is 2.24. The molecule has 1 N–H and O–H groups in total. The Morgan fingerprint density at radius 1 is 1.03 bits per heavy atom. The number of hydrogen-bond donors (Lipinski definition) is 1. The minimum atomic E-state index is -3.47. The van der Waals surface area contributed by atoms with Crippen molar-refractivity contribution in [1.29, 1.82) is 0 Å². The SMILES string of the molecule is O=C(NCCCN1CCOCC1)c1nnc(-c2ccc(S(=O)(=O)N3CCCC3)cc2)o1. The molecule has 0 spiro atoms. The lowest BCUT2D eigenvalue weighted by atomic mass is 10.2. The van der Waals surface area contributed by atoms with Crippen LogP contribution in [0.5, 0.6) is 0 Å². The molecule has 0 unspecified atom stereocenters. The summed E-state index contributed by atoms with van der Waals surface area (Å²) in [6.07, 6.45) is 2.59. The first-order valence-electron chi connectivity index (χ1n) is 10.6. The van der Waals surface area contributed by atoms with Gasteiger partial charge in [0.05, 0.1) is 18.1 Å². The van der Waals surface area contributed by atoms with Crippen LogP contribution in [0, 0.1) is 0 Å². The molecule has 1 aromatic heterocycles. The maximum Gasteiger partial charge on any atom is 0.308 e. The van der Waals surface area contributed by atoms with Crippen molar-refractivity contribution in [3.8, 4) is 11.5 Å². The Balaban J connectivity index is 1.31. The van der Waals surface area contributed by atoms with Gasteiger partial charge in [-0.3, -0.25) is 9.69 Å². The first-order chi connectivity index (χ1) is 15.0. The number of hydrogen-bond acceptors (Lipinski definition) is 8. The van der Waals surface area contributed by atoms with E-state index in [2.05, 4.69) is 20.4 Å². The molecule has 2 aliphatic heterocycles. The Labute approximate surface area is 181 Å². The molecule has 31 heavy (non-hydrogen) atoms. The number of aromatic nitrogens is 2. The number of carbonyl (C=O) groups excluding carboxylic acids is 1. The highest BCUT2D eigenvalue weighted by Gasteiger charge is 2.27. The summed E-state index contributed by atoms with van der Waals surface area (Å²) in [6.45, 7) is 5.85. The van der Waals surface area contributed by atoms with Crippen molar-refractivity contribution in [2.75, 3.05) is 52.5 Å². The molecular weight excluding hydrogens is 422 g/mol. The third-order valence-electron chi connectivity index (χ3n) is 5.46. The van der Waals surface area contributed by atoms with Crippen LogP contribution in [0.4, 0.5) is 0 Å². The van der Waals surface area contributed by atoms with Crippen LogP contribution in [0.25, 0.3) is 11.5 Å². The van der Waals surface area contributed by atoms with Crippen molar-refractivity contribution in [2.24, 2.45) is 0 Å². The summed E-state index contributed by atoms with van der Waals surface area (Å²) in [4.78, 5) is 14.8. The lowest BCUT2D eigenvalue weighted by Crippen LogP contribution is -2.38. The smallest absolute Gasteiger partial charge is 0.308 e. The fourth-order valence-corrected chi connectivity index (χ4v) is 5.20. The third-order valence-corrected chi connectivity index (χ3v) is 7.38. The normalized spacial score (nSPS) is 18.3. The van der Waals surface area contributed by atoms with Gasteiger partial charge in [0.2, 0.25) is 15.9 Å². The number of rotatable bonds is 8. The Morgan fingerprint density at radius 3 is 2.45 bits per heavy atom. The number of ether oxygens (including phenoxy) is 1. The zero-order chi connectivity index (χ0) is 21.7. The summed E-state index contributed by atoms with van der Waals surface area (Å²) in [5, 5.41) is 10.5. The molecule has 10 nitrogen and oxygen atoms in total. The average molecular weight is 450 g/mol. The standard InChI is InChI=1S/C20H27N5O5S/c26-18(21-8-3-9-24-12-14-29-15-13-24)20-23-22-19(30-20)16-4-6-17(7-5-16)31(27,28)25-10-1-2-11-25/h4-7H,1-3,8-15H2,(H,21,26). The summed E-state index contributed by atoms with van der Waals surface area (Å²) >= 11 is 0. The van der Waals surface area contributed by atoms with Crippen molar-refractivity contribution in [3.05, 3.63) is 30.2 Å². The van der Waals surface area contributed by atoms with E-state index in [1.807, 2.05) is 0 Å². The van der Waals surface area contributed by atoms with Crippen LogP contribution in [0.1, 0.15) is 29.9 Å². The first-order valence-corrected chi connectivity index (χ1v) is 12.0. The predicted octanol–water partition coefficient (Wildman–Crippen LogP) is 0.973. The second kappa shape index (κ2) is 9.86. The fourth-order valence-electron chi connectivity index (χ4n) is 3.68. The highest BCUT2D eigenvalue weighted by atomic mass is 32.2. The van der Waals surface area contributed by atoms with Gasteiger partial charge < -0.3 is 14.5 Å². The number of nitrogens with one attached hydrogen (secondary N) is 1.